The van der Waals surface area contributed by atoms with Crippen LogP contribution in [0, 0.1) is 0 Å². The molecule has 0 fully saturated rings. The van der Waals surface area contributed by atoms with Crippen molar-refractivity contribution >= 4 is 39.7 Å². The van der Waals surface area contributed by atoms with Crippen LogP contribution in [-0.4, -0.2) is 15.9 Å². The minimum absolute atomic E-state index is 0.0597. The predicted molar refractivity (Wildman–Crippen MR) is 82.4 cm³/mol. The van der Waals surface area contributed by atoms with Crippen molar-refractivity contribution in [1.82, 2.24) is 9.97 Å². The number of pyridine rings is 1. The smallest absolute Gasteiger partial charge is 0.260 e. The quantitative estimate of drug-likeness (QED) is 0.834. The van der Waals surface area contributed by atoms with E-state index >= 15 is 0 Å². The number of hydrogen-bond donors (Lipinski definition) is 2. The van der Waals surface area contributed by atoms with Gasteiger partial charge in [0, 0.05) is 10.8 Å². The molecule has 0 atom stereocenters. The summed E-state index contributed by atoms with van der Waals surface area (Å²) in [7, 11) is 0. The van der Waals surface area contributed by atoms with E-state index in [2.05, 4.69) is 36.1 Å². The van der Waals surface area contributed by atoms with Gasteiger partial charge in [-0.05, 0) is 6.07 Å². The largest absolute Gasteiger partial charge is 0.397 e. The van der Waals surface area contributed by atoms with Gasteiger partial charge < -0.3 is 5.73 Å². The minimum atomic E-state index is -0.371. The summed E-state index contributed by atoms with van der Waals surface area (Å²) in [5, 5.41) is 5.27. The van der Waals surface area contributed by atoms with E-state index in [0.717, 1.165) is 5.69 Å². The van der Waals surface area contributed by atoms with Crippen molar-refractivity contribution in [2.75, 3.05) is 11.1 Å². The van der Waals surface area contributed by atoms with Crippen LogP contribution in [0.1, 0.15) is 36.8 Å². The van der Waals surface area contributed by atoms with Gasteiger partial charge >= 0.3 is 0 Å². The summed E-state index contributed by atoms with van der Waals surface area (Å²) < 4.78 is 0. The molecule has 0 saturated carbocycles. The maximum absolute atomic E-state index is 12.1. The molecule has 0 unspecified atom stereocenters. The van der Waals surface area contributed by atoms with E-state index in [4.69, 9.17) is 17.3 Å². The van der Waals surface area contributed by atoms with Crippen LogP contribution in [0.5, 0.6) is 0 Å². The Morgan fingerprint density at radius 2 is 2.15 bits per heavy atom. The lowest BCUT2D eigenvalue weighted by molar-refractivity contribution is 0.102. The van der Waals surface area contributed by atoms with Gasteiger partial charge in [-0.25, -0.2) is 9.97 Å². The van der Waals surface area contributed by atoms with Crippen molar-refractivity contribution in [3.63, 3.8) is 0 Å². The van der Waals surface area contributed by atoms with E-state index in [9.17, 15) is 4.79 Å². The molecule has 106 valence electrons. The summed E-state index contributed by atoms with van der Waals surface area (Å²) in [5.41, 5.74) is 7.09. The Labute approximate surface area is 126 Å². The van der Waals surface area contributed by atoms with Gasteiger partial charge in [-0.2, -0.15) is 0 Å². The highest BCUT2D eigenvalue weighted by Gasteiger charge is 2.19. The number of halogens is 1. The van der Waals surface area contributed by atoms with Crippen LogP contribution in [0.25, 0.3) is 0 Å². The second kappa shape index (κ2) is 5.38. The summed E-state index contributed by atoms with van der Waals surface area (Å²) in [4.78, 5) is 20.4. The average Bonchev–Trinajstić information content (AvgIpc) is 2.80. The van der Waals surface area contributed by atoms with E-state index in [1.54, 1.807) is 0 Å². The molecule has 2 aromatic rings. The predicted octanol–water partition coefficient (Wildman–Crippen LogP) is 3.32. The van der Waals surface area contributed by atoms with Gasteiger partial charge in [-0.1, -0.05) is 32.4 Å². The Bertz CT molecular complexity index is 648. The number of carbonyl (C=O) groups is 1. The van der Waals surface area contributed by atoms with Gasteiger partial charge in [0.25, 0.3) is 5.91 Å². The first-order valence-corrected chi connectivity index (χ1v) is 7.21. The lowest BCUT2D eigenvalue weighted by atomic mass is 9.93. The zero-order valence-electron chi connectivity index (χ0n) is 11.4. The topological polar surface area (TPSA) is 80.9 Å². The lowest BCUT2D eigenvalue weighted by Gasteiger charge is -2.14. The lowest BCUT2D eigenvalue weighted by Crippen LogP contribution is -2.15. The summed E-state index contributed by atoms with van der Waals surface area (Å²) in [5.74, 6) is -0.371. The Morgan fingerprint density at radius 3 is 2.75 bits per heavy atom. The molecule has 0 aliphatic carbocycles. The normalized spacial score (nSPS) is 11.4. The Hall–Kier alpha value is -1.66. The fourth-order valence-electron chi connectivity index (χ4n) is 1.46. The number of rotatable bonds is 2. The van der Waals surface area contributed by atoms with Crippen molar-refractivity contribution in [1.29, 1.82) is 0 Å². The molecule has 2 aromatic heterocycles. The van der Waals surface area contributed by atoms with Gasteiger partial charge in [0.05, 0.1) is 23.1 Å². The molecule has 1 amide bonds. The average molecular weight is 311 g/mol. The molecule has 0 saturated heterocycles. The molecule has 0 aromatic carbocycles. The maximum Gasteiger partial charge on any atom is 0.260 e. The third-order valence-corrected chi connectivity index (χ3v) is 3.66. The van der Waals surface area contributed by atoms with Crippen molar-refractivity contribution in [2.45, 2.75) is 26.2 Å². The zero-order chi connectivity index (χ0) is 14.9. The van der Waals surface area contributed by atoms with Crippen LogP contribution in [0.15, 0.2) is 17.6 Å². The summed E-state index contributed by atoms with van der Waals surface area (Å²) in [6.45, 7) is 6.19. The molecule has 2 heterocycles. The number of nitrogens with one attached hydrogen (secondary N) is 1. The van der Waals surface area contributed by atoms with Gasteiger partial charge in [-0.15, -0.1) is 11.3 Å². The molecule has 5 nitrogen and oxygen atoms in total. The van der Waals surface area contributed by atoms with Crippen LogP contribution in [-0.2, 0) is 5.41 Å². The summed E-state index contributed by atoms with van der Waals surface area (Å²) >= 11 is 7.26. The molecule has 3 N–H and O–H groups in total. The van der Waals surface area contributed by atoms with Crippen LogP contribution in [0.4, 0.5) is 10.8 Å². The Kier molecular flexibility index (Phi) is 3.96. The molecular formula is C13H15ClN4OS. The molecular weight excluding hydrogens is 296 g/mol. The van der Waals surface area contributed by atoms with E-state index in [1.807, 2.05) is 5.38 Å². The van der Waals surface area contributed by atoms with Crippen LogP contribution in [0.3, 0.4) is 0 Å². The van der Waals surface area contributed by atoms with E-state index in [1.165, 1.54) is 23.6 Å². The van der Waals surface area contributed by atoms with Gasteiger partial charge in [0.2, 0.25) is 0 Å². The number of anilines is 2. The number of hydrogen-bond acceptors (Lipinski definition) is 5. The molecule has 0 aliphatic heterocycles. The maximum atomic E-state index is 12.1. The third kappa shape index (κ3) is 3.26. The van der Waals surface area contributed by atoms with Crippen LogP contribution < -0.4 is 11.1 Å². The van der Waals surface area contributed by atoms with E-state index in [-0.39, 0.29) is 22.0 Å². The van der Waals surface area contributed by atoms with Gasteiger partial charge in [0.1, 0.15) is 5.15 Å². The standard InChI is InChI=1S/C13H15ClN4OS/c1-13(2,3)9-6-20-12(17-9)18-11(19)8-4-7(15)5-16-10(8)14/h4-6H,15H2,1-3H3,(H,17,18,19). The van der Waals surface area contributed by atoms with E-state index in [0.29, 0.717) is 10.8 Å². The minimum Gasteiger partial charge on any atom is -0.397 e. The molecule has 0 aliphatic rings. The number of thiazole rings is 1. The van der Waals surface area contributed by atoms with Gasteiger partial charge in [-0.3, -0.25) is 10.1 Å². The molecule has 0 spiro atoms. The highest BCUT2D eigenvalue weighted by atomic mass is 35.5. The second-order valence-corrected chi connectivity index (χ2v) is 6.57. The second-order valence-electron chi connectivity index (χ2n) is 5.35. The number of nitrogens with two attached hydrogens (primary N) is 1. The Morgan fingerprint density at radius 1 is 1.45 bits per heavy atom. The molecule has 7 heteroatoms. The zero-order valence-corrected chi connectivity index (χ0v) is 13.0. The molecule has 0 bridgehead atoms. The first-order valence-electron chi connectivity index (χ1n) is 5.96. The fourth-order valence-corrected chi connectivity index (χ4v) is 2.58. The van der Waals surface area contributed by atoms with Crippen molar-refractivity contribution < 1.29 is 4.79 Å². The first kappa shape index (κ1) is 14.7. The molecule has 2 rings (SSSR count). The van der Waals surface area contributed by atoms with E-state index < -0.39 is 0 Å². The molecule has 0 radical (unpaired) electrons. The van der Waals surface area contributed by atoms with Crippen LogP contribution >= 0.6 is 22.9 Å². The van der Waals surface area contributed by atoms with Crippen molar-refractivity contribution in [2.24, 2.45) is 0 Å². The summed E-state index contributed by atoms with van der Waals surface area (Å²) in [6.07, 6.45) is 1.40. The van der Waals surface area contributed by atoms with Crippen molar-refractivity contribution in [3.8, 4) is 0 Å². The van der Waals surface area contributed by atoms with Gasteiger partial charge in [0.15, 0.2) is 5.13 Å². The number of nitrogen functional groups attached to an aromatic ring is 1. The number of aromatic nitrogens is 2. The monoisotopic (exact) mass is 310 g/mol. The first-order chi connectivity index (χ1) is 9.27. The fraction of sp³-hybridized carbons (Fsp3) is 0.308. The highest BCUT2D eigenvalue weighted by Crippen LogP contribution is 2.27. The SMILES string of the molecule is CC(C)(C)c1csc(NC(=O)c2cc(N)cnc2Cl)n1. The number of amides is 1. The third-order valence-electron chi connectivity index (χ3n) is 2.60. The number of carbonyl (C=O) groups excluding carboxylic acids is 1. The van der Waals surface area contributed by atoms with Crippen LogP contribution in [0.2, 0.25) is 5.15 Å². The van der Waals surface area contributed by atoms with Crippen molar-refractivity contribution in [3.05, 3.63) is 34.1 Å². The Balaban J connectivity index is 2.20. The highest BCUT2D eigenvalue weighted by molar-refractivity contribution is 7.14. The summed E-state index contributed by atoms with van der Waals surface area (Å²) in [6, 6.07) is 1.49. The number of nitrogens with zero attached hydrogens (tertiary/aromatic N) is 2. The molecule has 20 heavy (non-hydrogen) atoms.